The van der Waals surface area contributed by atoms with Crippen LogP contribution in [0.3, 0.4) is 0 Å². The lowest BCUT2D eigenvalue weighted by atomic mass is 10.1. The van der Waals surface area contributed by atoms with Gasteiger partial charge < -0.3 is 19.3 Å². The van der Waals surface area contributed by atoms with Crippen LogP contribution in [0.25, 0.3) is 0 Å². The van der Waals surface area contributed by atoms with Crippen LogP contribution in [0.5, 0.6) is 5.75 Å². The first-order valence-electron chi connectivity index (χ1n) is 6.28. The number of benzene rings is 1. The molecule has 1 rings (SSSR count). The highest BCUT2D eigenvalue weighted by Gasteiger charge is 2.25. The fourth-order valence-corrected chi connectivity index (χ4v) is 1.59. The molecule has 0 atom stereocenters. The molecular weight excluding hydrogens is 282 g/mol. The van der Waals surface area contributed by atoms with Gasteiger partial charge in [0.2, 0.25) is 0 Å². The molecule has 0 aromatic heterocycles. The Labute approximate surface area is 121 Å². The molecule has 1 aromatic rings. The van der Waals surface area contributed by atoms with E-state index in [9.17, 15) is 14.9 Å². The molecule has 0 amide bonds. The smallest absolute Gasteiger partial charge is 0.342 e. The van der Waals surface area contributed by atoms with Gasteiger partial charge in [0.25, 0.3) is 0 Å². The highest BCUT2D eigenvalue weighted by Crippen LogP contribution is 2.30. The standard InChI is InChI=1S/C13H17NO7/c1-19-8-9-20-6-3-7-21-11-5-2-4-10(13(15)16)12(11)14(17)18/h2,4-5H,3,6-9H2,1H3,(H,15,16). The topological polar surface area (TPSA) is 108 Å². The number of hydrogen-bond donors (Lipinski definition) is 1. The summed E-state index contributed by atoms with van der Waals surface area (Å²) in [5, 5.41) is 19.9. The fourth-order valence-electron chi connectivity index (χ4n) is 1.59. The highest BCUT2D eigenvalue weighted by atomic mass is 16.6. The summed E-state index contributed by atoms with van der Waals surface area (Å²) in [5.74, 6) is -1.42. The summed E-state index contributed by atoms with van der Waals surface area (Å²) in [5.41, 5.74) is -0.931. The predicted octanol–water partition coefficient (Wildman–Crippen LogP) is 1.72. The van der Waals surface area contributed by atoms with Gasteiger partial charge in [-0.15, -0.1) is 0 Å². The van der Waals surface area contributed by atoms with Crippen LogP contribution in [0, 0.1) is 10.1 Å². The number of hydrogen-bond acceptors (Lipinski definition) is 6. The molecule has 8 heteroatoms. The van der Waals surface area contributed by atoms with Gasteiger partial charge in [0.15, 0.2) is 5.75 Å². The van der Waals surface area contributed by atoms with Crippen LogP contribution in [0.15, 0.2) is 18.2 Å². The third-order valence-electron chi connectivity index (χ3n) is 2.53. The molecule has 0 heterocycles. The second kappa shape index (κ2) is 8.88. The lowest BCUT2D eigenvalue weighted by Crippen LogP contribution is -2.09. The minimum atomic E-state index is -1.37. The van der Waals surface area contributed by atoms with E-state index in [0.29, 0.717) is 26.2 Å². The molecule has 0 aliphatic carbocycles. The average Bonchev–Trinajstić information content (AvgIpc) is 2.45. The Kier molecular flexibility index (Phi) is 7.13. The van der Waals surface area contributed by atoms with Crippen LogP contribution in [0.2, 0.25) is 0 Å². The second-order valence-electron chi connectivity index (χ2n) is 4.02. The Morgan fingerprint density at radius 3 is 2.67 bits per heavy atom. The number of methoxy groups -OCH3 is 1. The summed E-state index contributed by atoms with van der Waals surface area (Å²) >= 11 is 0. The van der Waals surface area contributed by atoms with E-state index in [-0.39, 0.29) is 12.4 Å². The van der Waals surface area contributed by atoms with Crippen LogP contribution in [0.1, 0.15) is 16.8 Å². The van der Waals surface area contributed by atoms with E-state index >= 15 is 0 Å². The molecule has 21 heavy (non-hydrogen) atoms. The van der Waals surface area contributed by atoms with E-state index in [1.54, 1.807) is 7.11 Å². The molecule has 1 aromatic carbocycles. The van der Waals surface area contributed by atoms with E-state index in [4.69, 9.17) is 19.3 Å². The Morgan fingerprint density at radius 2 is 2.05 bits per heavy atom. The number of nitrogens with zero attached hydrogens (tertiary/aromatic N) is 1. The maximum Gasteiger partial charge on any atom is 0.342 e. The first-order chi connectivity index (χ1) is 10.1. The number of nitro benzene ring substituents is 1. The van der Waals surface area contributed by atoms with Crippen molar-refractivity contribution < 1.29 is 29.0 Å². The van der Waals surface area contributed by atoms with Crippen molar-refractivity contribution in [3.63, 3.8) is 0 Å². The van der Waals surface area contributed by atoms with Crippen molar-refractivity contribution in [2.75, 3.05) is 33.5 Å². The Bertz CT molecular complexity index is 489. The van der Waals surface area contributed by atoms with E-state index in [2.05, 4.69) is 0 Å². The third kappa shape index (κ3) is 5.36. The molecule has 0 spiro atoms. The molecule has 116 valence electrons. The van der Waals surface area contributed by atoms with Gasteiger partial charge in [0.05, 0.1) is 24.7 Å². The average molecular weight is 299 g/mol. The SMILES string of the molecule is COCCOCCCOc1cccc(C(=O)O)c1[N+](=O)[O-]. The maximum absolute atomic E-state index is 11.0. The Balaban J connectivity index is 2.57. The van der Waals surface area contributed by atoms with Gasteiger partial charge in [0.1, 0.15) is 5.56 Å². The molecule has 0 saturated heterocycles. The van der Waals surface area contributed by atoms with Gasteiger partial charge in [-0.05, 0) is 12.1 Å². The molecule has 0 bridgehead atoms. The summed E-state index contributed by atoms with van der Waals surface area (Å²) in [6.07, 6.45) is 0.526. The Hall–Kier alpha value is -2.19. The molecule has 0 fully saturated rings. The second-order valence-corrected chi connectivity index (χ2v) is 4.02. The van der Waals surface area contributed by atoms with Crippen LogP contribution >= 0.6 is 0 Å². The summed E-state index contributed by atoms with van der Waals surface area (Å²) in [4.78, 5) is 21.2. The third-order valence-corrected chi connectivity index (χ3v) is 2.53. The number of para-hydroxylation sites is 1. The minimum absolute atomic E-state index is 0.0585. The molecule has 0 radical (unpaired) electrons. The van der Waals surface area contributed by atoms with Crippen molar-refractivity contribution in [3.05, 3.63) is 33.9 Å². The molecule has 1 N–H and O–H groups in total. The number of rotatable bonds is 10. The Morgan fingerprint density at radius 1 is 1.29 bits per heavy atom. The first kappa shape index (κ1) is 16.9. The van der Waals surface area contributed by atoms with Crippen LogP contribution in [-0.2, 0) is 9.47 Å². The number of nitro groups is 1. The van der Waals surface area contributed by atoms with E-state index < -0.39 is 22.1 Å². The zero-order chi connectivity index (χ0) is 15.7. The van der Waals surface area contributed by atoms with Gasteiger partial charge in [-0.3, -0.25) is 10.1 Å². The summed E-state index contributed by atoms with van der Waals surface area (Å²) < 4.78 is 15.3. The largest absolute Gasteiger partial charge is 0.487 e. The highest BCUT2D eigenvalue weighted by molar-refractivity contribution is 5.93. The number of carbonyl (C=O) groups is 1. The first-order valence-corrected chi connectivity index (χ1v) is 6.28. The van der Waals surface area contributed by atoms with E-state index in [1.165, 1.54) is 18.2 Å². The van der Waals surface area contributed by atoms with Crippen molar-refractivity contribution in [1.82, 2.24) is 0 Å². The molecule has 0 unspecified atom stereocenters. The van der Waals surface area contributed by atoms with Gasteiger partial charge in [-0.1, -0.05) is 6.07 Å². The van der Waals surface area contributed by atoms with E-state index in [1.807, 2.05) is 0 Å². The van der Waals surface area contributed by atoms with Gasteiger partial charge >= 0.3 is 11.7 Å². The molecule has 8 nitrogen and oxygen atoms in total. The zero-order valence-electron chi connectivity index (χ0n) is 11.6. The maximum atomic E-state index is 11.0. The number of ether oxygens (including phenoxy) is 3. The monoisotopic (exact) mass is 299 g/mol. The van der Waals surface area contributed by atoms with Crippen molar-refractivity contribution in [2.45, 2.75) is 6.42 Å². The minimum Gasteiger partial charge on any atom is -0.487 e. The summed E-state index contributed by atoms with van der Waals surface area (Å²) in [6, 6.07) is 3.94. The number of carboxylic acid groups (broad SMARTS) is 1. The lowest BCUT2D eigenvalue weighted by Gasteiger charge is -2.08. The predicted molar refractivity (Wildman–Crippen MR) is 72.9 cm³/mol. The molecule has 0 aliphatic heterocycles. The van der Waals surface area contributed by atoms with Crippen LogP contribution in [0.4, 0.5) is 5.69 Å². The van der Waals surface area contributed by atoms with Gasteiger partial charge in [0, 0.05) is 20.1 Å². The quantitative estimate of drug-likeness (QED) is 0.398. The van der Waals surface area contributed by atoms with Crippen LogP contribution in [-0.4, -0.2) is 49.5 Å². The zero-order valence-corrected chi connectivity index (χ0v) is 11.6. The van der Waals surface area contributed by atoms with Crippen molar-refractivity contribution in [3.8, 4) is 5.75 Å². The van der Waals surface area contributed by atoms with E-state index in [0.717, 1.165) is 0 Å². The normalized spacial score (nSPS) is 10.3. The fraction of sp³-hybridized carbons (Fsp3) is 0.462. The number of carboxylic acids is 1. The van der Waals surface area contributed by atoms with Crippen molar-refractivity contribution >= 4 is 11.7 Å². The van der Waals surface area contributed by atoms with Gasteiger partial charge in [-0.25, -0.2) is 4.79 Å². The van der Waals surface area contributed by atoms with Crippen LogP contribution < -0.4 is 4.74 Å². The number of aromatic carboxylic acids is 1. The lowest BCUT2D eigenvalue weighted by molar-refractivity contribution is -0.386. The molecular formula is C13H17NO7. The molecule has 0 aliphatic rings. The molecule has 0 saturated carbocycles. The van der Waals surface area contributed by atoms with Gasteiger partial charge in [-0.2, -0.15) is 0 Å². The van der Waals surface area contributed by atoms with Crippen molar-refractivity contribution in [1.29, 1.82) is 0 Å². The summed E-state index contributed by atoms with van der Waals surface area (Å²) in [7, 11) is 1.57. The van der Waals surface area contributed by atoms with Crippen molar-refractivity contribution in [2.24, 2.45) is 0 Å². The summed E-state index contributed by atoms with van der Waals surface area (Å²) in [6.45, 7) is 1.57.